The van der Waals surface area contributed by atoms with E-state index in [1.54, 1.807) is 18.5 Å². The molecule has 0 radical (unpaired) electrons. The molecule has 0 saturated carbocycles. The van der Waals surface area contributed by atoms with Gasteiger partial charge in [0.25, 0.3) is 5.91 Å². The van der Waals surface area contributed by atoms with Crippen LogP contribution in [0.1, 0.15) is 16.2 Å². The quantitative estimate of drug-likeness (QED) is 0.752. The Labute approximate surface area is 110 Å². The van der Waals surface area contributed by atoms with Crippen LogP contribution in [0, 0.1) is 0 Å². The number of phenols is 1. The number of phenolic OH excluding ortho intramolecular Hbond substituents is 1. The lowest BCUT2D eigenvalue weighted by Crippen LogP contribution is -2.26. The van der Waals surface area contributed by atoms with Crippen molar-refractivity contribution in [3.05, 3.63) is 42.0 Å². The number of aromatic amines is 1. The topological polar surface area (TPSA) is 87.2 Å². The second kappa shape index (κ2) is 5.90. The molecule has 1 heterocycles. The Morgan fingerprint density at radius 2 is 2.37 bits per heavy atom. The Morgan fingerprint density at radius 3 is 3.00 bits per heavy atom. The molecule has 0 spiro atoms. The van der Waals surface area contributed by atoms with Crippen LogP contribution >= 0.6 is 0 Å². The number of amides is 1. The molecular formula is C13H15N3O3. The summed E-state index contributed by atoms with van der Waals surface area (Å²) in [6.45, 7) is 0.442. The molecule has 0 aliphatic carbocycles. The van der Waals surface area contributed by atoms with E-state index < -0.39 is 0 Å². The Kier molecular flexibility index (Phi) is 4.02. The number of H-pyrrole nitrogens is 1. The number of hydrogen-bond acceptors (Lipinski definition) is 4. The molecule has 0 fully saturated rings. The van der Waals surface area contributed by atoms with Crippen molar-refractivity contribution in [3.8, 4) is 11.5 Å². The predicted molar refractivity (Wildman–Crippen MR) is 69.3 cm³/mol. The zero-order valence-corrected chi connectivity index (χ0v) is 10.5. The summed E-state index contributed by atoms with van der Waals surface area (Å²) in [5, 5.41) is 12.4. The minimum Gasteiger partial charge on any atom is -0.507 e. The molecule has 1 amide bonds. The first-order chi connectivity index (χ1) is 9.20. The van der Waals surface area contributed by atoms with Crippen molar-refractivity contribution < 1.29 is 14.6 Å². The van der Waals surface area contributed by atoms with E-state index >= 15 is 0 Å². The van der Waals surface area contributed by atoms with Gasteiger partial charge >= 0.3 is 0 Å². The van der Waals surface area contributed by atoms with Crippen LogP contribution in [0.5, 0.6) is 11.5 Å². The molecule has 6 heteroatoms. The number of carbonyl (C=O) groups is 1. The molecule has 19 heavy (non-hydrogen) atoms. The van der Waals surface area contributed by atoms with Gasteiger partial charge in [0.1, 0.15) is 17.3 Å². The van der Waals surface area contributed by atoms with E-state index in [1.807, 2.05) is 0 Å². The van der Waals surface area contributed by atoms with Crippen LogP contribution in [0.15, 0.2) is 30.6 Å². The number of carbonyl (C=O) groups excluding carboxylic acids is 1. The van der Waals surface area contributed by atoms with Gasteiger partial charge in [-0.3, -0.25) is 4.79 Å². The van der Waals surface area contributed by atoms with Gasteiger partial charge < -0.3 is 20.1 Å². The highest BCUT2D eigenvalue weighted by molar-refractivity contribution is 5.96. The van der Waals surface area contributed by atoms with Crippen LogP contribution in [0.4, 0.5) is 0 Å². The minimum atomic E-state index is -0.327. The summed E-state index contributed by atoms with van der Waals surface area (Å²) in [5.74, 6) is 0.880. The minimum absolute atomic E-state index is 0.102. The third-order valence-corrected chi connectivity index (χ3v) is 2.65. The van der Waals surface area contributed by atoms with Crippen molar-refractivity contribution in [2.75, 3.05) is 13.7 Å². The maximum absolute atomic E-state index is 11.9. The molecular weight excluding hydrogens is 246 g/mol. The zero-order valence-electron chi connectivity index (χ0n) is 10.5. The van der Waals surface area contributed by atoms with E-state index in [9.17, 15) is 9.90 Å². The summed E-state index contributed by atoms with van der Waals surface area (Å²) in [6.07, 6.45) is 3.99. The summed E-state index contributed by atoms with van der Waals surface area (Å²) in [7, 11) is 1.50. The molecule has 2 aromatic rings. The summed E-state index contributed by atoms with van der Waals surface area (Å²) in [5.41, 5.74) is 0.222. The molecule has 0 aliphatic rings. The van der Waals surface area contributed by atoms with Crippen LogP contribution in [0.25, 0.3) is 0 Å². The van der Waals surface area contributed by atoms with Crippen LogP contribution in [-0.4, -0.2) is 34.6 Å². The first-order valence-corrected chi connectivity index (χ1v) is 5.84. The van der Waals surface area contributed by atoms with Crippen molar-refractivity contribution in [1.29, 1.82) is 0 Å². The SMILES string of the molecule is COc1ccc(C(=O)NCCc2ncc[nH]2)c(O)c1. The van der Waals surface area contributed by atoms with E-state index in [1.165, 1.54) is 19.2 Å². The zero-order chi connectivity index (χ0) is 13.7. The molecule has 100 valence electrons. The summed E-state index contributed by atoms with van der Waals surface area (Å²) in [4.78, 5) is 18.9. The molecule has 1 aromatic heterocycles. The largest absolute Gasteiger partial charge is 0.507 e. The predicted octanol–water partition coefficient (Wildman–Crippen LogP) is 1.10. The van der Waals surface area contributed by atoms with E-state index in [4.69, 9.17) is 4.74 Å². The molecule has 0 atom stereocenters. The Morgan fingerprint density at radius 1 is 1.53 bits per heavy atom. The van der Waals surface area contributed by atoms with E-state index in [-0.39, 0.29) is 17.2 Å². The Bertz CT molecular complexity index is 552. The second-order valence-electron chi connectivity index (χ2n) is 3.92. The van der Waals surface area contributed by atoms with Gasteiger partial charge in [-0.25, -0.2) is 4.98 Å². The average Bonchev–Trinajstić information content (AvgIpc) is 2.91. The highest BCUT2D eigenvalue weighted by Gasteiger charge is 2.11. The fraction of sp³-hybridized carbons (Fsp3) is 0.231. The van der Waals surface area contributed by atoms with Gasteiger partial charge in [0.2, 0.25) is 0 Å². The van der Waals surface area contributed by atoms with Crippen molar-refractivity contribution in [2.24, 2.45) is 0 Å². The van der Waals surface area contributed by atoms with Crippen molar-refractivity contribution >= 4 is 5.91 Å². The Balaban J connectivity index is 1.92. The van der Waals surface area contributed by atoms with Gasteiger partial charge in [-0.2, -0.15) is 0 Å². The lowest BCUT2D eigenvalue weighted by atomic mass is 10.1. The number of hydrogen-bond donors (Lipinski definition) is 3. The molecule has 0 aliphatic heterocycles. The standard InChI is InChI=1S/C13H15N3O3/c1-19-9-2-3-10(11(17)8-9)13(18)16-5-4-12-14-6-7-15-12/h2-3,6-8,17H,4-5H2,1H3,(H,14,15)(H,16,18). The number of nitrogens with one attached hydrogen (secondary N) is 2. The van der Waals surface area contributed by atoms with E-state index in [0.29, 0.717) is 18.7 Å². The van der Waals surface area contributed by atoms with Gasteiger partial charge in [-0.1, -0.05) is 0 Å². The molecule has 1 aromatic carbocycles. The first kappa shape index (κ1) is 12.9. The van der Waals surface area contributed by atoms with Crippen molar-refractivity contribution in [1.82, 2.24) is 15.3 Å². The van der Waals surface area contributed by atoms with Gasteiger partial charge in [0.05, 0.1) is 12.7 Å². The number of aromatic nitrogens is 2. The molecule has 6 nitrogen and oxygen atoms in total. The van der Waals surface area contributed by atoms with Gasteiger partial charge in [0, 0.05) is 31.4 Å². The van der Waals surface area contributed by atoms with Crippen LogP contribution in [0.2, 0.25) is 0 Å². The lowest BCUT2D eigenvalue weighted by Gasteiger charge is -2.07. The number of ether oxygens (including phenoxy) is 1. The van der Waals surface area contributed by atoms with Crippen molar-refractivity contribution in [3.63, 3.8) is 0 Å². The average molecular weight is 261 g/mol. The normalized spacial score (nSPS) is 10.2. The van der Waals surface area contributed by atoms with E-state index in [0.717, 1.165) is 5.82 Å². The van der Waals surface area contributed by atoms with E-state index in [2.05, 4.69) is 15.3 Å². The van der Waals surface area contributed by atoms with Gasteiger partial charge in [-0.15, -0.1) is 0 Å². The number of nitrogens with zero attached hydrogens (tertiary/aromatic N) is 1. The van der Waals surface area contributed by atoms with Crippen LogP contribution in [-0.2, 0) is 6.42 Å². The maximum Gasteiger partial charge on any atom is 0.255 e. The van der Waals surface area contributed by atoms with Gasteiger partial charge in [0.15, 0.2) is 0 Å². The number of rotatable bonds is 5. The fourth-order valence-electron chi connectivity index (χ4n) is 1.65. The molecule has 0 bridgehead atoms. The number of aromatic hydroxyl groups is 1. The number of benzene rings is 1. The smallest absolute Gasteiger partial charge is 0.255 e. The molecule has 3 N–H and O–H groups in total. The molecule has 0 unspecified atom stereocenters. The van der Waals surface area contributed by atoms with Crippen LogP contribution in [0.3, 0.4) is 0 Å². The molecule has 0 saturated heterocycles. The van der Waals surface area contributed by atoms with Gasteiger partial charge in [-0.05, 0) is 12.1 Å². The highest BCUT2D eigenvalue weighted by atomic mass is 16.5. The third kappa shape index (κ3) is 3.25. The second-order valence-corrected chi connectivity index (χ2v) is 3.92. The maximum atomic E-state index is 11.9. The fourth-order valence-corrected chi connectivity index (χ4v) is 1.65. The lowest BCUT2D eigenvalue weighted by molar-refractivity contribution is 0.0951. The van der Waals surface area contributed by atoms with Crippen LogP contribution < -0.4 is 10.1 Å². The number of methoxy groups -OCH3 is 1. The third-order valence-electron chi connectivity index (χ3n) is 2.65. The summed E-state index contributed by atoms with van der Waals surface area (Å²) < 4.78 is 4.96. The first-order valence-electron chi connectivity index (χ1n) is 5.84. The summed E-state index contributed by atoms with van der Waals surface area (Å²) >= 11 is 0. The highest BCUT2D eigenvalue weighted by Crippen LogP contribution is 2.23. The summed E-state index contributed by atoms with van der Waals surface area (Å²) in [6, 6.07) is 4.55. The monoisotopic (exact) mass is 261 g/mol. The molecule has 2 rings (SSSR count). The van der Waals surface area contributed by atoms with Crippen molar-refractivity contribution in [2.45, 2.75) is 6.42 Å². The Hall–Kier alpha value is -2.50. The number of imidazole rings is 1.